The Bertz CT molecular complexity index is 138. The molecule has 0 bridgehead atoms. The van der Waals surface area contributed by atoms with Crippen LogP contribution in [0.5, 0.6) is 0 Å². The molecule has 0 amide bonds. The second-order valence-electron chi connectivity index (χ2n) is 1.99. The molecule has 47 valence electrons. The molecule has 0 heteroatoms. The van der Waals surface area contributed by atoms with Gasteiger partial charge in [-0.25, -0.2) is 0 Å². The van der Waals surface area contributed by atoms with Gasteiger partial charge in [0.25, 0.3) is 0 Å². The molecule has 0 atom stereocenters. The first-order valence-corrected chi connectivity index (χ1v) is 3.30. The number of hydrogen-bond acceptors (Lipinski definition) is 0. The molecule has 0 nitrogen and oxygen atoms in total. The van der Waals surface area contributed by atoms with Gasteiger partial charge in [-0.1, -0.05) is 36.5 Å². The maximum Gasteiger partial charge on any atom is -0.0130 e. The Balaban J connectivity index is 2.43. The zero-order valence-electron chi connectivity index (χ0n) is 5.46. The average Bonchev–Trinajstić information content (AvgIpc) is 2.00. The molecule has 0 N–H and O–H groups in total. The molecule has 0 spiro atoms. The Hall–Kier alpha value is -0.780. The third-order valence-electron chi connectivity index (χ3n) is 1.21. The van der Waals surface area contributed by atoms with Gasteiger partial charge in [0.1, 0.15) is 0 Å². The lowest BCUT2D eigenvalue weighted by Crippen LogP contribution is -1.62. The van der Waals surface area contributed by atoms with Gasteiger partial charge in [0.15, 0.2) is 0 Å². The highest BCUT2D eigenvalue weighted by Crippen LogP contribution is 1.97. The molecule has 0 fully saturated rings. The predicted octanol–water partition coefficient (Wildman–Crippen LogP) is 2.65. The lowest BCUT2D eigenvalue weighted by molar-refractivity contribution is 1.26. The molecule has 9 heavy (non-hydrogen) atoms. The van der Waals surface area contributed by atoms with Gasteiger partial charge in [-0.15, -0.1) is 0 Å². The monoisotopic (exact) mass is 119 g/mol. The first-order valence-electron chi connectivity index (χ1n) is 3.30. The van der Waals surface area contributed by atoms with E-state index in [2.05, 4.69) is 42.9 Å². The zero-order valence-corrected chi connectivity index (χ0v) is 5.46. The van der Waals surface area contributed by atoms with E-state index >= 15 is 0 Å². The minimum absolute atomic E-state index is 1.07. The summed E-state index contributed by atoms with van der Waals surface area (Å²) in [7, 11) is 0. The molecule has 1 aliphatic carbocycles. The molecular formula is C9H11. The number of hydrogen-bond donors (Lipinski definition) is 0. The van der Waals surface area contributed by atoms with Crippen molar-refractivity contribution in [2.45, 2.75) is 12.8 Å². The highest BCUT2D eigenvalue weighted by atomic mass is 13.8. The van der Waals surface area contributed by atoms with Crippen LogP contribution in [0, 0.1) is 6.42 Å². The topological polar surface area (TPSA) is 0 Å². The highest BCUT2D eigenvalue weighted by Gasteiger charge is 1.78. The summed E-state index contributed by atoms with van der Waals surface area (Å²) in [6.07, 6.45) is 17.0. The Morgan fingerprint density at radius 3 is 2.56 bits per heavy atom. The Morgan fingerprint density at radius 2 is 1.56 bits per heavy atom. The molecular weight excluding hydrogens is 108 g/mol. The highest BCUT2D eigenvalue weighted by molar-refractivity contribution is 5.12. The van der Waals surface area contributed by atoms with Crippen LogP contribution in [0.25, 0.3) is 0 Å². The van der Waals surface area contributed by atoms with E-state index in [1.165, 1.54) is 0 Å². The second-order valence-corrected chi connectivity index (χ2v) is 1.99. The fourth-order valence-electron chi connectivity index (χ4n) is 0.728. The van der Waals surface area contributed by atoms with Crippen molar-refractivity contribution in [3.05, 3.63) is 42.9 Å². The SMILES string of the molecule is [CH]1/C=C\C=C/C/C=C\C1. The maximum atomic E-state index is 2.18. The van der Waals surface area contributed by atoms with Gasteiger partial charge in [0.2, 0.25) is 0 Å². The number of allylic oxidation sites excluding steroid dienone is 6. The van der Waals surface area contributed by atoms with Crippen LogP contribution in [0.2, 0.25) is 0 Å². The van der Waals surface area contributed by atoms with Gasteiger partial charge in [0, 0.05) is 0 Å². The fraction of sp³-hybridized carbons (Fsp3) is 0.222. The van der Waals surface area contributed by atoms with Crippen molar-refractivity contribution in [2.24, 2.45) is 0 Å². The Labute approximate surface area is 56.6 Å². The summed E-state index contributed by atoms with van der Waals surface area (Å²) < 4.78 is 0. The molecule has 0 heterocycles. The van der Waals surface area contributed by atoms with E-state index in [1.807, 2.05) is 0 Å². The van der Waals surface area contributed by atoms with Crippen LogP contribution in [-0.4, -0.2) is 0 Å². The molecule has 1 radical (unpaired) electrons. The summed E-state index contributed by atoms with van der Waals surface area (Å²) >= 11 is 0. The van der Waals surface area contributed by atoms with E-state index in [0.717, 1.165) is 12.8 Å². The summed E-state index contributed by atoms with van der Waals surface area (Å²) in [6.45, 7) is 0. The van der Waals surface area contributed by atoms with Crippen molar-refractivity contribution in [1.82, 2.24) is 0 Å². The summed E-state index contributed by atoms with van der Waals surface area (Å²) in [5.74, 6) is 0. The van der Waals surface area contributed by atoms with Crippen molar-refractivity contribution >= 4 is 0 Å². The van der Waals surface area contributed by atoms with Crippen LogP contribution >= 0.6 is 0 Å². The van der Waals surface area contributed by atoms with Crippen molar-refractivity contribution in [2.75, 3.05) is 0 Å². The lowest BCUT2D eigenvalue weighted by Gasteiger charge is -1.80. The van der Waals surface area contributed by atoms with Crippen LogP contribution in [0.4, 0.5) is 0 Å². The smallest absolute Gasteiger partial charge is 0.0130 e. The van der Waals surface area contributed by atoms with Crippen molar-refractivity contribution in [3.8, 4) is 0 Å². The molecule has 0 aromatic heterocycles. The van der Waals surface area contributed by atoms with E-state index in [9.17, 15) is 0 Å². The van der Waals surface area contributed by atoms with Gasteiger partial charge in [-0.2, -0.15) is 0 Å². The van der Waals surface area contributed by atoms with Crippen LogP contribution in [0.1, 0.15) is 12.8 Å². The zero-order chi connectivity index (χ0) is 6.36. The third kappa shape index (κ3) is 2.91. The first kappa shape index (κ1) is 6.34. The molecule has 1 rings (SSSR count). The first-order chi connectivity index (χ1) is 4.50. The van der Waals surface area contributed by atoms with Crippen molar-refractivity contribution < 1.29 is 0 Å². The summed E-state index contributed by atoms with van der Waals surface area (Å²) in [5, 5.41) is 0. The largest absolute Gasteiger partial charge is 0.0876 e. The van der Waals surface area contributed by atoms with Gasteiger partial charge in [-0.3, -0.25) is 0 Å². The summed E-state index contributed by atoms with van der Waals surface area (Å²) in [6, 6.07) is 0. The normalized spacial score (nSPS) is 29.3. The van der Waals surface area contributed by atoms with E-state index in [-0.39, 0.29) is 0 Å². The molecule has 0 saturated heterocycles. The third-order valence-corrected chi connectivity index (χ3v) is 1.21. The van der Waals surface area contributed by atoms with Crippen LogP contribution in [0.3, 0.4) is 0 Å². The molecule has 0 aromatic carbocycles. The van der Waals surface area contributed by atoms with Crippen LogP contribution < -0.4 is 0 Å². The van der Waals surface area contributed by atoms with Gasteiger partial charge < -0.3 is 0 Å². The van der Waals surface area contributed by atoms with Gasteiger partial charge in [-0.05, 0) is 19.3 Å². The molecule has 1 aliphatic rings. The summed E-state index contributed by atoms with van der Waals surface area (Å²) in [4.78, 5) is 0. The van der Waals surface area contributed by atoms with Crippen LogP contribution in [0.15, 0.2) is 36.5 Å². The Kier molecular flexibility index (Phi) is 2.91. The van der Waals surface area contributed by atoms with Crippen molar-refractivity contribution in [1.29, 1.82) is 0 Å². The van der Waals surface area contributed by atoms with Crippen molar-refractivity contribution in [3.63, 3.8) is 0 Å². The molecule has 0 aromatic rings. The fourth-order valence-corrected chi connectivity index (χ4v) is 0.728. The molecule has 0 unspecified atom stereocenters. The van der Waals surface area contributed by atoms with E-state index in [0.29, 0.717) is 0 Å². The quantitative estimate of drug-likeness (QED) is 0.430. The second kappa shape index (κ2) is 4.13. The molecule has 0 aliphatic heterocycles. The standard InChI is InChI=1S/C9H11/c1-2-4-6-8-9-7-5-3-1/h1-5,8-9H,6-7H2/b2-1-,5-3-,9-8-. The predicted molar refractivity (Wildman–Crippen MR) is 41.0 cm³/mol. The minimum atomic E-state index is 1.07. The van der Waals surface area contributed by atoms with E-state index < -0.39 is 0 Å². The average molecular weight is 119 g/mol. The van der Waals surface area contributed by atoms with E-state index in [4.69, 9.17) is 0 Å². The van der Waals surface area contributed by atoms with Gasteiger partial charge in [0.05, 0.1) is 0 Å². The van der Waals surface area contributed by atoms with Crippen LogP contribution in [-0.2, 0) is 0 Å². The minimum Gasteiger partial charge on any atom is -0.0876 e. The lowest BCUT2D eigenvalue weighted by atomic mass is 10.3. The number of rotatable bonds is 0. The van der Waals surface area contributed by atoms with E-state index in [1.54, 1.807) is 0 Å². The maximum absolute atomic E-state index is 2.18. The Morgan fingerprint density at radius 1 is 0.667 bits per heavy atom. The molecule has 0 saturated carbocycles. The van der Waals surface area contributed by atoms with Gasteiger partial charge >= 0.3 is 0 Å². The summed E-state index contributed by atoms with van der Waals surface area (Å²) in [5.41, 5.74) is 0.